The zero-order valence-electron chi connectivity index (χ0n) is 15.6. The van der Waals surface area contributed by atoms with Gasteiger partial charge in [-0.25, -0.2) is 9.78 Å². The highest BCUT2D eigenvalue weighted by molar-refractivity contribution is 5.87. The molecule has 0 atom stereocenters. The first-order valence-electron chi connectivity index (χ1n) is 8.93. The number of rotatable bonds is 11. The molecule has 0 saturated carbocycles. The standard InChI is InChI=1S/C20H25N3O4/c1-3-4-5-6-11-27-17-9-7-15(12-18(17)26-2)13-22-23-19-10-8-16(14-21-19)20(24)25/h7-10,12-14H,3-6,11H2,1-2H3,(H,21,23)(H,24,25)/b22-13+. The summed E-state index contributed by atoms with van der Waals surface area (Å²) in [6.07, 6.45) is 7.51. The molecule has 0 amide bonds. The summed E-state index contributed by atoms with van der Waals surface area (Å²) < 4.78 is 11.2. The molecule has 0 aliphatic heterocycles. The molecule has 0 bridgehead atoms. The Balaban J connectivity index is 1.91. The largest absolute Gasteiger partial charge is 0.493 e. The number of hydrogen-bond acceptors (Lipinski definition) is 6. The molecule has 1 heterocycles. The highest BCUT2D eigenvalue weighted by Gasteiger charge is 2.05. The summed E-state index contributed by atoms with van der Waals surface area (Å²) in [7, 11) is 1.60. The number of benzene rings is 1. The van der Waals surface area contributed by atoms with Gasteiger partial charge in [0.25, 0.3) is 0 Å². The lowest BCUT2D eigenvalue weighted by molar-refractivity contribution is 0.0696. The SMILES string of the molecule is CCCCCCOc1ccc(/C=N/Nc2ccc(C(=O)O)cn2)cc1OC. The minimum absolute atomic E-state index is 0.125. The van der Waals surface area contributed by atoms with Crippen LogP contribution in [0.3, 0.4) is 0 Å². The van der Waals surface area contributed by atoms with Crippen LogP contribution in [0.2, 0.25) is 0 Å². The van der Waals surface area contributed by atoms with Gasteiger partial charge in [-0.1, -0.05) is 26.2 Å². The van der Waals surface area contributed by atoms with Gasteiger partial charge in [-0.15, -0.1) is 0 Å². The maximum atomic E-state index is 10.8. The van der Waals surface area contributed by atoms with Crippen LogP contribution >= 0.6 is 0 Å². The van der Waals surface area contributed by atoms with Crippen molar-refractivity contribution in [1.82, 2.24) is 4.98 Å². The molecule has 0 fully saturated rings. The van der Waals surface area contributed by atoms with Crippen molar-refractivity contribution in [3.63, 3.8) is 0 Å². The molecule has 2 aromatic rings. The van der Waals surface area contributed by atoms with Crippen LogP contribution in [0.15, 0.2) is 41.6 Å². The maximum Gasteiger partial charge on any atom is 0.337 e. The van der Waals surface area contributed by atoms with Crippen molar-refractivity contribution in [3.05, 3.63) is 47.7 Å². The van der Waals surface area contributed by atoms with Crippen molar-refractivity contribution in [2.45, 2.75) is 32.6 Å². The zero-order chi connectivity index (χ0) is 19.5. The number of nitrogens with one attached hydrogen (secondary N) is 1. The lowest BCUT2D eigenvalue weighted by Crippen LogP contribution is -2.00. The van der Waals surface area contributed by atoms with Crippen LogP contribution in [0.4, 0.5) is 5.82 Å². The predicted molar refractivity (Wildman–Crippen MR) is 105 cm³/mol. The van der Waals surface area contributed by atoms with Crippen LogP contribution in [0.1, 0.15) is 48.5 Å². The van der Waals surface area contributed by atoms with Crippen molar-refractivity contribution >= 4 is 18.0 Å². The molecule has 0 radical (unpaired) electrons. The number of anilines is 1. The van der Waals surface area contributed by atoms with E-state index in [1.54, 1.807) is 19.4 Å². The molecule has 0 saturated heterocycles. The van der Waals surface area contributed by atoms with Crippen molar-refractivity contribution < 1.29 is 19.4 Å². The second-order valence-electron chi connectivity index (χ2n) is 5.93. The molecular formula is C20H25N3O4. The fraction of sp³-hybridized carbons (Fsp3) is 0.350. The van der Waals surface area contributed by atoms with E-state index in [-0.39, 0.29) is 5.56 Å². The maximum absolute atomic E-state index is 10.8. The number of methoxy groups -OCH3 is 1. The first-order valence-corrected chi connectivity index (χ1v) is 8.93. The number of carbonyl (C=O) groups is 1. The average Bonchev–Trinajstić information content (AvgIpc) is 2.69. The molecule has 0 unspecified atom stereocenters. The molecule has 1 aromatic heterocycles. The van der Waals surface area contributed by atoms with Crippen molar-refractivity contribution in [1.29, 1.82) is 0 Å². The normalized spacial score (nSPS) is 10.7. The Bertz CT molecular complexity index is 760. The third-order valence-electron chi connectivity index (χ3n) is 3.85. The van der Waals surface area contributed by atoms with E-state index < -0.39 is 5.97 Å². The van der Waals surface area contributed by atoms with Gasteiger partial charge in [0.05, 0.1) is 25.5 Å². The molecule has 0 aliphatic carbocycles. The minimum Gasteiger partial charge on any atom is -0.493 e. The van der Waals surface area contributed by atoms with Crippen molar-refractivity contribution in [2.24, 2.45) is 5.10 Å². The molecule has 0 aliphatic rings. The van der Waals surface area contributed by atoms with Crippen LogP contribution in [0.5, 0.6) is 11.5 Å². The van der Waals surface area contributed by atoms with E-state index in [9.17, 15) is 4.79 Å². The molecule has 2 N–H and O–H groups in total. The van der Waals surface area contributed by atoms with E-state index in [4.69, 9.17) is 14.6 Å². The number of aromatic nitrogens is 1. The number of hydrazone groups is 1. The highest BCUT2D eigenvalue weighted by Crippen LogP contribution is 2.27. The van der Waals surface area contributed by atoms with E-state index in [1.165, 1.54) is 25.1 Å². The van der Waals surface area contributed by atoms with Gasteiger partial charge < -0.3 is 14.6 Å². The summed E-state index contributed by atoms with van der Waals surface area (Å²) >= 11 is 0. The Morgan fingerprint density at radius 3 is 2.74 bits per heavy atom. The van der Waals surface area contributed by atoms with E-state index in [0.717, 1.165) is 18.4 Å². The summed E-state index contributed by atoms with van der Waals surface area (Å²) in [5.41, 5.74) is 3.72. The predicted octanol–water partition coefficient (Wildman–Crippen LogP) is 4.19. The van der Waals surface area contributed by atoms with Gasteiger partial charge in [0.15, 0.2) is 11.5 Å². The number of nitrogens with zero attached hydrogens (tertiary/aromatic N) is 2. The molecule has 0 spiro atoms. The van der Waals surface area contributed by atoms with E-state index in [2.05, 4.69) is 22.4 Å². The van der Waals surface area contributed by atoms with Gasteiger partial charge in [0, 0.05) is 6.20 Å². The van der Waals surface area contributed by atoms with Gasteiger partial charge in [-0.3, -0.25) is 5.43 Å². The van der Waals surface area contributed by atoms with Gasteiger partial charge in [0.2, 0.25) is 0 Å². The molecule has 2 rings (SSSR count). The van der Waals surface area contributed by atoms with Crippen molar-refractivity contribution in [2.75, 3.05) is 19.1 Å². The average molecular weight is 371 g/mol. The molecule has 7 heteroatoms. The van der Waals surface area contributed by atoms with E-state index >= 15 is 0 Å². The molecule has 144 valence electrons. The lowest BCUT2D eigenvalue weighted by atomic mass is 10.2. The number of pyridine rings is 1. The zero-order valence-corrected chi connectivity index (χ0v) is 15.6. The number of ether oxygens (including phenoxy) is 2. The van der Waals surface area contributed by atoms with Crippen LogP contribution < -0.4 is 14.9 Å². The number of carboxylic acids is 1. The van der Waals surface area contributed by atoms with Gasteiger partial charge >= 0.3 is 5.97 Å². The number of aromatic carboxylic acids is 1. The second kappa shape index (κ2) is 10.8. The summed E-state index contributed by atoms with van der Waals surface area (Å²) in [4.78, 5) is 14.8. The van der Waals surface area contributed by atoms with Crippen molar-refractivity contribution in [3.8, 4) is 11.5 Å². The van der Waals surface area contributed by atoms with Crippen LogP contribution in [-0.4, -0.2) is 36.0 Å². The lowest BCUT2D eigenvalue weighted by Gasteiger charge is -2.11. The molecule has 1 aromatic carbocycles. The second-order valence-corrected chi connectivity index (χ2v) is 5.93. The number of carboxylic acid groups (broad SMARTS) is 1. The Labute approximate surface area is 159 Å². The van der Waals surface area contributed by atoms with Gasteiger partial charge in [0.1, 0.15) is 5.82 Å². The Kier molecular flexibility index (Phi) is 8.09. The Morgan fingerprint density at radius 2 is 2.07 bits per heavy atom. The van der Waals surface area contributed by atoms with Crippen LogP contribution in [-0.2, 0) is 0 Å². The summed E-state index contributed by atoms with van der Waals surface area (Å²) in [5.74, 6) is 0.802. The third-order valence-corrected chi connectivity index (χ3v) is 3.85. The number of hydrogen-bond donors (Lipinski definition) is 2. The highest BCUT2D eigenvalue weighted by atomic mass is 16.5. The molecular weight excluding hydrogens is 346 g/mol. The summed E-state index contributed by atoms with van der Waals surface area (Å²) in [6, 6.07) is 8.60. The van der Waals surface area contributed by atoms with E-state index in [0.29, 0.717) is 23.9 Å². The summed E-state index contributed by atoms with van der Waals surface area (Å²) in [6.45, 7) is 2.85. The Morgan fingerprint density at radius 1 is 1.22 bits per heavy atom. The fourth-order valence-corrected chi connectivity index (χ4v) is 2.35. The quantitative estimate of drug-likeness (QED) is 0.349. The molecule has 27 heavy (non-hydrogen) atoms. The fourth-order valence-electron chi connectivity index (χ4n) is 2.35. The van der Waals surface area contributed by atoms with Crippen LogP contribution in [0.25, 0.3) is 0 Å². The topological polar surface area (TPSA) is 93.0 Å². The monoisotopic (exact) mass is 371 g/mol. The van der Waals surface area contributed by atoms with Gasteiger partial charge in [-0.05, 0) is 42.3 Å². The Hall–Kier alpha value is -3.09. The smallest absolute Gasteiger partial charge is 0.337 e. The summed E-state index contributed by atoms with van der Waals surface area (Å²) in [5, 5.41) is 13.0. The molecule has 7 nitrogen and oxygen atoms in total. The first-order chi connectivity index (χ1) is 13.1. The number of unbranched alkanes of at least 4 members (excludes halogenated alkanes) is 3. The van der Waals surface area contributed by atoms with E-state index in [1.807, 2.05) is 18.2 Å². The van der Waals surface area contributed by atoms with Crippen LogP contribution in [0, 0.1) is 0 Å². The minimum atomic E-state index is -1.02. The van der Waals surface area contributed by atoms with Gasteiger partial charge in [-0.2, -0.15) is 5.10 Å². The third kappa shape index (κ3) is 6.62. The first kappa shape index (κ1) is 20.2.